The average Bonchev–Trinajstić information content (AvgIpc) is 3.73. The number of esters is 4. The van der Waals surface area contributed by atoms with Crippen molar-refractivity contribution < 1.29 is 80.2 Å². The van der Waals surface area contributed by atoms with Crippen LogP contribution >= 0.6 is 15.6 Å². The van der Waals surface area contributed by atoms with Crippen molar-refractivity contribution in [2.75, 3.05) is 39.6 Å². The van der Waals surface area contributed by atoms with Gasteiger partial charge in [0.15, 0.2) is 12.2 Å². The van der Waals surface area contributed by atoms with Crippen LogP contribution in [-0.2, 0) is 65.4 Å². The van der Waals surface area contributed by atoms with Gasteiger partial charge < -0.3 is 33.8 Å². The fourth-order valence-corrected chi connectivity index (χ4v) is 12.4. The largest absolute Gasteiger partial charge is 0.472 e. The second kappa shape index (κ2) is 64.4. The first kappa shape index (κ1) is 88.1. The lowest BCUT2D eigenvalue weighted by molar-refractivity contribution is -0.161. The molecule has 0 aliphatic rings. The van der Waals surface area contributed by atoms with E-state index in [4.69, 9.17) is 37.0 Å². The molecule has 0 aromatic carbocycles. The van der Waals surface area contributed by atoms with Crippen molar-refractivity contribution in [2.24, 2.45) is 5.92 Å². The quantitative estimate of drug-likeness (QED) is 0.0222. The summed E-state index contributed by atoms with van der Waals surface area (Å²) in [6.07, 6.45) is 51.5. The maximum Gasteiger partial charge on any atom is 0.472 e. The van der Waals surface area contributed by atoms with Crippen LogP contribution in [-0.4, -0.2) is 96.7 Å². The molecule has 3 N–H and O–H groups in total. The Bertz CT molecular complexity index is 1740. The third kappa shape index (κ3) is 64.8. The summed E-state index contributed by atoms with van der Waals surface area (Å²) in [5.41, 5.74) is 0. The molecule has 0 aromatic heterocycles. The van der Waals surface area contributed by atoms with Gasteiger partial charge in [0, 0.05) is 25.7 Å². The van der Waals surface area contributed by atoms with Crippen LogP contribution in [0.4, 0.5) is 0 Å². The number of unbranched alkanes of at least 4 members (excludes halogenated alkanes) is 43. The van der Waals surface area contributed by atoms with Gasteiger partial charge in [0.05, 0.1) is 26.4 Å². The topological polar surface area (TPSA) is 237 Å². The monoisotopic (exact) mass is 1320 g/mol. The maximum absolute atomic E-state index is 13.0. The number of phosphoric acid groups is 2. The Morgan fingerprint density at radius 1 is 0.300 bits per heavy atom. The van der Waals surface area contributed by atoms with E-state index in [0.717, 1.165) is 109 Å². The van der Waals surface area contributed by atoms with E-state index in [9.17, 15) is 43.2 Å². The summed E-state index contributed by atoms with van der Waals surface area (Å²) < 4.78 is 68.2. The van der Waals surface area contributed by atoms with E-state index in [1.807, 2.05) is 0 Å². The maximum atomic E-state index is 13.0. The third-order valence-electron chi connectivity index (χ3n) is 16.5. The second-order valence-electron chi connectivity index (χ2n) is 26.1. The summed E-state index contributed by atoms with van der Waals surface area (Å²) in [6.45, 7) is 7.21. The lowest BCUT2D eigenvalue weighted by atomic mass is 10.0. The van der Waals surface area contributed by atoms with E-state index in [1.165, 1.54) is 180 Å². The second-order valence-corrected chi connectivity index (χ2v) is 29.0. The molecule has 5 atom stereocenters. The van der Waals surface area contributed by atoms with Gasteiger partial charge >= 0.3 is 39.5 Å². The number of phosphoric ester groups is 2. The number of aliphatic hydroxyl groups excluding tert-OH is 1. The number of hydrogen-bond donors (Lipinski definition) is 3. The highest BCUT2D eigenvalue weighted by Crippen LogP contribution is 2.45. The molecule has 2 unspecified atom stereocenters. The van der Waals surface area contributed by atoms with Gasteiger partial charge in [-0.15, -0.1) is 0 Å². The standard InChI is InChI=1S/C71H138O17P2/c1-6-9-12-15-18-21-22-23-24-25-26-27-28-29-34-37-42-47-52-57-71(76)88-67(61-82-69(74)55-50-45-41-36-33-31-30-32-35-38-43-48-53-64(4)5)63-86-90(79,80)84-59-65(72)58-83-89(77,78)85-62-66(87-70(75)56-51-46-40-20-17-14-11-8-3)60-81-68(73)54-49-44-39-19-16-13-10-7-2/h64-67,72H,6-63H2,1-5H3,(H,77,78)(H,79,80)/t65-,66+,67+/m0/s1. The smallest absolute Gasteiger partial charge is 0.462 e. The predicted molar refractivity (Wildman–Crippen MR) is 363 cm³/mol. The molecule has 0 aromatic rings. The van der Waals surface area contributed by atoms with Gasteiger partial charge in [-0.05, 0) is 31.6 Å². The predicted octanol–water partition coefficient (Wildman–Crippen LogP) is 20.5. The molecule has 0 aliphatic heterocycles. The van der Waals surface area contributed by atoms with Crippen LogP contribution in [0.1, 0.15) is 369 Å². The van der Waals surface area contributed by atoms with Gasteiger partial charge in [-0.1, -0.05) is 317 Å². The van der Waals surface area contributed by atoms with Crippen molar-refractivity contribution in [1.29, 1.82) is 0 Å². The molecule has 90 heavy (non-hydrogen) atoms. The highest BCUT2D eigenvalue weighted by molar-refractivity contribution is 7.47. The summed E-state index contributed by atoms with van der Waals surface area (Å²) in [5.74, 6) is -1.34. The van der Waals surface area contributed by atoms with Crippen LogP contribution < -0.4 is 0 Å². The van der Waals surface area contributed by atoms with Gasteiger partial charge in [-0.25, -0.2) is 9.13 Å². The lowest BCUT2D eigenvalue weighted by Crippen LogP contribution is -2.30. The molecule has 534 valence electrons. The van der Waals surface area contributed by atoms with Gasteiger partial charge in [0.1, 0.15) is 19.3 Å². The fraction of sp³-hybridized carbons (Fsp3) is 0.944. The zero-order chi connectivity index (χ0) is 66.3. The molecular weight excluding hydrogens is 1190 g/mol. The van der Waals surface area contributed by atoms with E-state index in [-0.39, 0.29) is 25.7 Å². The molecule has 0 amide bonds. The Balaban J connectivity index is 5.16. The molecule has 0 saturated heterocycles. The SMILES string of the molecule is CCCCCCCCCCCCCCCCCCCCCC(=O)O[C@H](COC(=O)CCCCCCCCCCCCCCC(C)C)COP(=O)(O)OC[C@@H](O)COP(=O)(O)OC[C@@H](COC(=O)CCCCCCCCCC)OC(=O)CCCCCCCCCC. The highest BCUT2D eigenvalue weighted by atomic mass is 31.2. The summed E-state index contributed by atoms with van der Waals surface area (Å²) in [5, 5.41) is 10.6. The highest BCUT2D eigenvalue weighted by Gasteiger charge is 2.30. The molecule has 19 heteroatoms. The van der Waals surface area contributed by atoms with Crippen LogP contribution in [0, 0.1) is 5.92 Å². The van der Waals surface area contributed by atoms with Gasteiger partial charge in [0.2, 0.25) is 0 Å². The van der Waals surface area contributed by atoms with E-state index >= 15 is 0 Å². The van der Waals surface area contributed by atoms with Crippen LogP contribution in [0.2, 0.25) is 0 Å². The molecule has 0 bridgehead atoms. The average molecular weight is 1330 g/mol. The first-order valence-electron chi connectivity index (χ1n) is 37.1. The van der Waals surface area contributed by atoms with Crippen molar-refractivity contribution in [2.45, 2.75) is 387 Å². The molecule has 0 spiro atoms. The number of hydrogen-bond acceptors (Lipinski definition) is 15. The van der Waals surface area contributed by atoms with Crippen molar-refractivity contribution in [3.8, 4) is 0 Å². The normalized spacial score (nSPS) is 14.1. The van der Waals surface area contributed by atoms with Crippen molar-refractivity contribution in [1.82, 2.24) is 0 Å². The minimum Gasteiger partial charge on any atom is -0.462 e. The minimum absolute atomic E-state index is 0.105. The first-order chi connectivity index (χ1) is 43.5. The Morgan fingerprint density at radius 3 is 0.756 bits per heavy atom. The fourth-order valence-electron chi connectivity index (χ4n) is 10.8. The molecule has 17 nitrogen and oxygen atoms in total. The lowest BCUT2D eigenvalue weighted by Gasteiger charge is -2.21. The van der Waals surface area contributed by atoms with Crippen molar-refractivity contribution >= 4 is 39.5 Å². The Labute approximate surface area is 549 Å². The molecule has 0 saturated carbocycles. The zero-order valence-corrected chi connectivity index (χ0v) is 60.1. The molecular formula is C71H138O17P2. The number of carbonyl (C=O) groups is 4. The zero-order valence-electron chi connectivity index (χ0n) is 58.3. The minimum atomic E-state index is -4.95. The Hall–Kier alpha value is -1.94. The van der Waals surface area contributed by atoms with Crippen LogP contribution in [0.25, 0.3) is 0 Å². The molecule has 0 aliphatic carbocycles. The van der Waals surface area contributed by atoms with Crippen LogP contribution in [0.15, 0.2) is 0 Å². The van der Waals surface area contributed by atoms with Crippen LogP contribution in [0.3, 0.4) is 0 Å². The number of ether oxygens (including phenoxy) is 4. The van der Waals surface area contributed by atoms with Crippen molar-refractivity contribution in [3.63, 3.8) is 0 Å². The Kier molecular flexibility index (Phi) is 63.0. The summed E-state index contributed by atoms with van der Waals surface area (Å²) in [6, 6.07) is 0. The van der Waals surface area contributed by atoms with Gasteiger partial charge in [0.25, 0.3) is 0 Å². The van der Waals surface area contributed by atoms with Gasteiger partial charge in [-0.3, -0.25) is 37.3 Å². The number of rotatable bonds is 71. The summed E-state index contributed by atoms with van der Waals surface area (Å²) in [4.78, 5) is 72.4. The molecule has 0 heterocycles. The molecule has 0 rings (SSSR count). The summed E-state index contributed by atoms with van der Waals surface area (Å²) >= 11 is 0. The first-order valence-corrected chi connectivity index (χ1v) is 40.1. The van der Waals surface area contributed by atoms with E-state index in [2.05, 4.69) is 34.6 Å². The van der Waals surface area contributed by atoms with Gasteiger partial charge in [-0.2, -0.15) is 0 Å². The summed E-state index contributed by atoms with van der Waals surface area (Å²) in [7, 11) is -9.89. The van der Waals surface area contributed by atoms with Crippen LogP contribution in [0.5, 0.6) is 0 Å². The van der Waals surface area contributed by atoms with Crippen molar-refractivity contribution in [3.05, 3.63) is 0 Å². The number of carbonyl (C=O) groups excluding carboxylic acids is 4. The van der Waals surface area contributed by atoms with E-state index < -0.39 is 97.5 Å². The Morgan fingerprint density at radius 2 is 0.511 bits per heavy atom. The van der Waals surface area contributed by atoms with E-state index in [1.54, 1.807) is 0 Å². The third-order valence-corrected chi connectivity index (χ3v) is 18.4. The molecule has 0 radical (unpaired) electrons. The number of aliphatic hydroxyl groups is 1. The van der Waals surface area contributed by atoms with E-state index in [0.29, 0.717) is 25.7 Å². The molecule has 0 fully saturated rings.